The summed E-state index contributed by atoms with van der Waals surface area (Å²) in [5.74, 6) is 5.68. The predicted octanol–water partition coefficient (Wildman–Crippen LogP) is 8.05. The number of nitrogens with one attached hydrogen (secondary N) is 3. The number of benzene rings is 2. The number of hydrogen-bond acceptors (Lipinski definition) is 3. The normalized spacial score (nSPS) is 36.6. The van der Waals surface area contributed by atoms with Crippen LogP contribution >= 0.6 is 0 Å². The third kappa shape index (κ3) is 4.46. The van der Waals surface area contributed by atoms with Crippen LogP contribution in [0.2, 0.25) is 0 Å². The lowest BCUT2D eigenvalue weighted by molar-refractivity contribution is -0.141. The van der Waals surface area contributed by atoms with E-state index in [0.717, 1.165) is 108 Å². The number of rotatable bonds is 6. The molecule has 1 heterocycles. The number of amides is 2. The van der Waals surface area contributed by atoms with Crippen LogP contribution in [0, 0.1) is 46.3 Å². The number of carbonyl (C=O) groups excluding carboxylic acids is 2. The van der Waals surface area contributed by atoms with Gasteiger partial charge in [0.25, 0.3) is 0 Å². The van der Waals surface area contributed by atoms with Crippen LogP contribution in [0.4, 0.5) is 11.4 Å². The van der Waals surface area contributed by atoms with Gasteiger partial charge in [-0.25, -0.2) is 4.98 Å². The van der Waals surface area contributed by atoms with Crippen LogP contribution in [0.15, 0.2) is 54.7 Å². The Kier molecular flexibility index (Phi) is 5.78. The number of imidazole rings is 1. The minimum absolute atomic E-state index is 0.165. The zero-order valence-electron chi connectivity index (χ0n) is 24.9. The Morgan fingerprint density at radius 2 is 1.05 bits per heavy atom. The molecule has 2 amide bonds. The van der Waals surface area contributed by atoms with E-state index in [1.165, 1.54) is 38.5 Å². The topological polar surface area (TPSA) is 86.9 Å². The minimum atomic E-state index is -0.168. The highest BCUT2D eigenvalue weighted by atomic mass is 16.2. The Hall–Kier alpha value is -3.41. The molecular weight excluding hydrogens is 532 g/mol. The van der Waals surface area contributed by atoms with Crippen molar-refractivity contribution >= 4 is 23.2 Å². The predicted molar refractivity (Wildman–Crippen MR) is 168 cm³/mol. The number of hydrogen-bond donors (Lipinski definition) is 3. The molecule has 8 aliphatic carbocycles. The lowest BCUT2D eigenvalue weighted by Crippen LogP contribution is -2.51. The zero-order chi connectivity index (χ0) is 28.8. The molecule has 6 nitrogen and oxygen atoms in total. The Morgan fingerprint density at radius 1 is 0.628 bits per heavy atom. The molecule has 0 saturated heterocycles. The van der Waals surface area contributed by atoms with E-state index >= 15 is 0 Å². The smallest absolute Gasteiger partial charge is 0.230 e. The molecule has 3 N–H and O–H groups in total. The third-order valence-corrected chi connectivity index (χ3v) is 12.4. The van der Waals surface area contributed by atoms with Gasteiger partial charge in [-0.1, -0.05) is 24.3 Å². The molecule has 0 radical (unpaired) electrons. The van der Waals surface area contributed by atoms with Gasteiger partial charge in [0.1, 0.15) is 5.82 Å². The summed E-state index contributed by atoms with van der Waals surface area (Å²) in [5, 5.41) is 6.61. The van der Waals surface area contributed by atoms with E-state index in [0.29, 0.717) is 0 Å². The molecule has 8 fully saturated rings. The van der Waals surface area contributed by atoms with Crippen LogP contribution in [0.3, 0.4) is 0 Å². The van der Waals surface area contributed by atoms with Crippen molar-refractivity contribution in [3.63, 3.8) is 0 Å². The van der Waals surface area contributed by atoms with Crippen LogP contribution in [0.1, 0.15) is 77.0 Å². The van der Waals surface area contributed by atoms with Gasteiger partial charge in [-0.15, -0.1) is 0 Å². The molecule has 8 bridgehead atoms. The number of anilines is 2. The standard InChI is InChI=1S/C37H42N4O2/c42-34(36-15-22-7-23(16-36)9-24(8-22)17-36)39-30-5-1-3-28(13-30)32-21-38-33(41-32)29-4-2-6-31(14-29)40-35(43)37-18-25-10-26(19-37)12-27(11-25)20-37/h1-6,13-14,21-27H,7-12,15-20H2,(H,38,41)(H,39,42)(H,40,43). The van der Waals surface area contributed by atoms with Gasteiger partial charge < -0.3 is 15.6 Å². The van der Waals surface area contributed by atoms with Gasteiger partial charge in [-0.2, -0.15) is 0 Å². The van der Waals surface area contributed by atoms with Crippen LogP contribution in [-0.2, 0) is 9.59 Å². The fraction of sp³-hybridized carbons (Fsp3) is 0.541. The second-order valence-electron chi connectivity index (χ2n) is 15.6. The van der Waals surface area contributed by atoms with E-state index in [4.69, 9.17) is 4.98 Å². The van der Waals surface area contributed by atoms with Gasteiger partial charge in [-0.05, 0) is 137 Å². The fourth-order valence-corrected chi connectivity index (χ4v) is 11.4. The highest BCUT2D eigenvalue weighted by molar-refractivity contribution is 5.97. The molecule has 6 heteroatoms. The van der Waals surface area contributed by atoms with Gasteiger partial charge in [0, 0.05) is 22.5 Å². The molecule has 0 aliphatic heterocycles. The Bertz CT molecular complexity index is 1420. The average Bonchev–Trinajstić information content (AvgIpc) is 3.47. The van der Waals surface area contributed by atoms with E-state index < -0.39 is 0 Å². The summed E-state index contributed by atoms with van der Waals surface area (Å²) in [6, 6.07) is 16.2. The summed E-state index contributed by atoms with van der Waals surface area (Å²) in [6.45, 7) is 0. The molecule has 0 spiro atoms. The molecule has 43 heavy (non-hydrogen) atoms. The van der Waals surface area contributed by atoms with Crippen LogP contribution in [0.25, 0.3) is 22.6 Å². The first-order valence-electron chi connectivity index (χ1n) is 16.8. The number of H-pyrrole nitrogens is 1. The molecule has 0 unspecified atom stereocenters. The first-order chi connectivity index (χ1) is 20.9. The summed E-state index contributed by atoms with van der Waals surface area (Å²) in [4.78, 5) is 35.4. The van der Waals surface area contributed by atoms with Crippen molar-refractivity contribution in [2.75, 3.05) is 10.6 Å². The van der Waals surface area contributed by atoms with Crippen molar-refractivity contribution in [3.05, 3.63) is 54.7 Å². The quantitative estimate of drug-likeness (QED) is 0.278. The van der Waals surface area contributed by atoms with Gasteiger partial charge in [0.15, 0.2) is 0 Å². The second kappa shape index (κ2) is 9.54. The van der Waals surface area contributed by atoms with Crippen molar-refractivity contribution in [1.82, 2.24) is 9.97 Å². The Labute approximate surface area is 253 Å². The zero-order valence-corrected chi connectivity index (χ0v) is 24.9. The van der Waals surface area contributed by atoms with Crippen LogP contribution in [-0.4, -0.2) is 21.8 Å². The van der Waals surface area contributed by atoms with E-state index in [1.807, 2.05) is 42.6 Å². The van der Waals surface area contributed by atoms with Crippen molar-refractivity contribution in [2.45, 2.75) is 77.0 Å². The highest BCUT2D eigenvalue weighted by Crippen LogP contribution is 2.61. The molecule has 8 aliphatic rings. The van der Waals surface area contributed by atoms with E-state index in [-0.39, 0.29) is 22.6 Å². The number of nitrogens with zero attached hydrogens (tertiary/aromatic N) is 1. The summed E-state index contributed by atoms with van der Waals surface area (Å²) in [5.41, 5.74) is 4.20. The van der Waals surface area contributed by atoms with Crippen molar-refractivity contribution in [1.29, 1.82) is 0 Å². The largest absolute Gasteiger partial charge is 0.338 e. The molecule has 1 aromatic heterocycles. The summed E-state index contributed by atoms with van der Waals surface area (Å²) in [7, 11) is 0. The lowest BCUT2D eigenvalue weighted by atomic mass is 9.49. The maximum atomic E-state index is 13.6. The van der Waals surface area contributed by atoms with Crippen LogP contribution in [0.5, 0.6) is 0 Å². The average molecular weight is 575 g/mol. The maximum Gasteiger partial charge on any atom is 0.230 e. The maximum absolute atomic E-state index is 13.6. The Balaban J connectivity index is 0.902. The SMILES string of the molecule is O=C(Nc1cccc(-c2cnc(-c3cccc(NC(=O)C45CC6CC(CC(C6)C4)C5)c3)[nH]2)c1)C12CC3CC(CC(C3)C1)C2. The summed E-state index contributed by atoms with van der Waals surface area (Å²) in [6.07, 6.45) is 16.3. The minimum Gasteiger partial charge on any atom is -0.338 e. The third-order valence-electron chi connectivity index (χ3n) is 12.4. The van der Waals surface area contributed by atoms with Gasteiger partial charge in [0.05, 0.1) is 22.7 Å². The van der Waals surface area contributed by atoms with E-state index in [9.17, 15) is 9.59 Å². The van der Waals surface area contributed by atoms with E-state index in [1.54, 1.807) is 0 Å². The molecule has 8 saturated carbocycles. The molecule has 0 atom stereocenters. The molecule has 222 valence electrons. The number of aromatic amines is 1. The number of carbonyl (C=O) groups is 2. The van der Waals surface area contributed by atoms with Crippen molar-refractivity contribution in [3.8, 4) is 22.6 Å². The first kappa shape index (κ1) is 26.0. The van der Waals surface area contributed by atoms with Gasteiger partial charge >= 0.3 is 0 Å². The van der Waals surface area contributed by atoms with E-state index in [2.05, 4.69) is 27.8 Å². The molecule has 2 aromatic carbocycles. The van der Waals surface area contributed by atoms with Crippen molar-refractivity contribution in [2.24, 2.45) is 46.3 Å². The van der Waals surface area contributed by atoms with Crippen LogP contribution < -0.4 is 10.6 Å². The molecule has 11 rings (SSSR count). The molecular formula is C37H42N4O2. The second-order valence-corrected chi connectivity index (χ2v) is 15.6. The highest BCUT2D eigenvalue weighted by Gasteiger charge is 2.55. The number of aromatic nitrogens is 2. The van der Waals surface area contributed by atoms with Gasteiger partial charge in [-0.3, -0.25) is 9.59 Å². The molecule has 3 aromatic rings. The monoisotopic (exact) mass is 574 g/mol. The van der Waals surface area contributed by atoms with Crippen molar-refractivity contribution < 1.29 is 9.59 Å². The van der Waals surface area contributed by atoms with Gasteiger partial charge in [0.2, 0.25) is 11.8 Å². The fourth-order valence-electron chi connectivity index (χ4n) is 11.4. The summed E-state index contributed by atoms with van der Waals surface area (Å²) >= 11 is 0. The summed E-state index contributed by atoms with van der Waals surface area (Å²) < 4.78 is 0. The first-order valence-corrected chi connectivity index (χ1v) is 16.8. The lowest BCUT2D eigenvalue weighted by Gasteiger charge is -2.55. The Morgan fingerprint density at radius 3 is 1.51 bits per heavy atom.